The van der Waals surface area contributed by atoms with E-state index in [4.69, 9.17) is 10.5 Å². The second-order valence-corrected chi connectivity index (χ2v) is 6.79. The average molecular weight is 318 g/mol. The lowest BCUT2D eigenvalue weighted by molar-refractivity contribution is 0.127. The van der Waals surface area contributed by atoms with Crippen molar-refractivity contribution in [1.82, 2.24) is 0 Å². The van der Waals surface area contributed by atoms with Gasteiger partial charge in [-0.15, -0.1) is 0 Å². The van der Waals surface area contributed by atoms with Gasteiger partial charge >= 0.3 is 0 Å². The second kappa shape index (κ2) is 5.50. The molecule has 0 amide bonds. The second-order valence-electron chi connectivity index (χ2n) is 4.28. The molecule has 1 aliphatic heterocycles. The summed E-state index contributed by atoms with van der Waals surface area (Å²) in [5, 5.41) is 0.153. The summed E-state index contributed by atoms with van der Waals surface area (Å²) in [6.07, 6.45) is 0.989. The van der Waals surface area contributed by atoms with Crippen LogP contribution in [-0.4, -0.2) is 22.2 Å². The van der Waals surface area contributed by atoms with E-state index in [1.54, 1.807) is 0 Å². The molecular formula is C12H16BrNO2S. The van der Waals surface area contributed by atoms with Gasteiger partial charge in [0, 0.05) is 33.3 Å². The van der Waals surface area contributed by atoms with E-state index in [1.165, 1.54) is 0 Å². The van der Waals surface area contributed by atoms with Crippen molar-refractivity contribution in [2.24, 2.45) is 0 Å². The highest BCUT2D eigenvalue weighted by Crippen LogP contribution is 2.24. The van der Waals surface area contributed by atoms with Crippen LogP contribution in [0.5, 0.6) is 0 Å². The molecule has 1 aliphatic rings. The summed E-state index contributed by atoms with van der Waals surface area (Å²) >= 11 is 3.35. The Kier molecular flexibility index (Phi) is 4.22. The number of hydrogen-bond donors (Lipinski definition) is 1. The first-order valence-electron chi connectivity index (χ1n) is 5.60. The summed E-state index contributed by atoms with van der Waals surface area (Å²) in [5.41, 5.74) is 7.51. The fraction of sp³-hybridized carbons (Fsp3) is 0.500. The molecule has 2 rings (SSSR count). The molecule has 0 aromatic heterocycles. The number of anilines is 1. The van der Waals surface area contributed by atoms with E-state index < -0.39 is 10.8 Å². The van der Waals surface area contributed by atoms with Crippen LogP contribution in [0.25, 0.3) is 0 Å². The Hall–Kier alpha value is -0.390. The maximum Gasteiger partial charge on any atom is 0.0691 e. The fourth-order valence-corrected chi connectivity index (χ4v) is 3.85. The molecule has 0 radical (unpaired) electrons. The average Bonchev–Trinajstić information content (AvgIpc) is 2.70. The van der Waals surface area contributed by atoms with E-state index >= 15 is 0 Å². The minimum Gasteiger partial charge on any atom is -0.398 e. The zero-order valence-electron chi connectivity index (χ0n) is 9.69. The number of nitrogens with two attached hydrogens (primary N) is 1. The van der Waals surface area contributed by atoms with Gasteiger partial charge in [0.1, 0.15) is 0 Å². The predicted octanol–water partition coefficient (Wildman–Crippen LogP) is 2.46. The molecule has 0 saturated carbocycles. The van der Waals surface area contributed by atoms with E-state index in [0.717, 1.165) is 23.1 Å². The lowest BCUT2D eigenvalue weighted by Crippen LogP contribution is -2.24. The molecule has 0 bridgehead atoms. The maximum atomic E-state index is 12.2. The van der Waals surface area contributed by atoms with Crippen molar-refractivity contribution >= 4 is 32.4 Å². The Morgan fingerprint density at radius 1 is 1.59 bits per heavy atom. The molecule has 1 saturated heterocycles. The zero-order valence-corrected chi connectivity index (χ0v) is 12.1. The fourth-order valence-electron chi connectivity index (χ4n) is 2.01. The normalized spacial score (nSPS) is 26.0. The summed E-state index contributed by atoms with van der Waals surface area (Å²) < 4.78 is 18.5. The van der Waals surface area contributed by atoms with E-state index in [9.17, 15) is 4.21 Å². The van der Waals surface area contributed by atoms with E-state index in [2.05, 4.69) is 15.9 Å². The summed E-state index contributed by atoms with van der Waals surface area (Å²) in [6.45, 7) is 2.71. The first-order chi connectivity index (χ1) is 8.08. The highest BCUT2D eigenvalue weighted by atomic mass is 79.9. The molecule has 0 aliphatic carbocycles. The predicted molar refractivity (Wildman–Crippen MR) is 74.2 cm³/mol. The van der Waals surface area contributed by atoms with E-state index in [1.807, 2.05) is 25.1 Å². The zero-order chi connectivity index (χ0) is 12.4. The van der Waals surface area contributed by atoms with Crippen LogP contribution in [0, 0.1) is 0 Å². The van der Waals surface area contributed by atoms with Crippen LogP contribution in [0.1, 0.15) is 18.9 Å². The van der Waals surface area contributed by atoms with Gasteiger partial charge in [-0.3, -0.25) is 4.21 Å². The lowest BCUT2D eigenvalue weighted by atomic mass is 10.2. The van der Waals surface area contributed by atoms with Gasteiger partial charge < -0.3 is 10.5 Å². The molecule has 0 spiro atoms. The highest BCUT2D eigenvalue weighted by molar-refractivity contribution is 9.10. The van der Waals surface area contributed by atoms with E-state index in [0.29, 0.717) is 11.4 Å². The number of nitrogen functional groups attached to an aromatic ring is 1. The molecule has 1 heterocycles. The van der Waals surface area contributed by atoms with Gasteiger partial charge in [-0.05, 0) is 47.0 Å². The van der Waals surface area contributed by atoms with Gasteiger partial charge in [0.25, 0.3) is 0 Å². The van der Waals surface area contributed by atoms with Gasteiger partial charge in [0.05, 0.1) is 11.4 Å². The van der Waals surface area contributed by atoms with Crippen LogP contribution >= 0.6 is 15.9 Å². The lowest BCUT2D eigenvalue weighted by Gasteiger charge is -2.14. The third-order valence-electron chi connectivity index (χ3n) is 3.01. The largest absolute Gasteiger partial charge is 0.398 e. The molecule has 2 N–H and O–H groups in total. The number of ether oxygens (including phenoxy) is 1. The topological polar surface area (TPSA) is 52.3 Å². The molecule has 94 valence electrons. The van der Waals surface area contributed by atoms with E-state index in [-0.39, 0.29) is 11.4 Å². The van der Waals surface area contributed by atoms with Crippen molar-refractivity contribution in [2.75, 3.05) is 12.3 Å². The molecule has 3 unspecified atom stereocenters. The standard InChI is InChI=1S/C12H16BrNO2S/c1-8-12(4-5-16-8)17(15)7-9-2-3-10(13)11(14)6-9/h2-3,6,8,12H,4-5,7,14H2,1H3. The van der Waals surface area contributed by atoms with Crippen molar-refractivity contribution < 1.29 is 8.95 Å². The minimum absolute atomic E-state index is 0.101. The summed E-state index contributed by atoms with van der Waals surface area (Å²) in [4.78, 5) is 0. The molecular weight excluding hydrogens is 302 g/mol. The molecule has 1 aromatic carbocycles. The van der Waals surface area contributed by atoms with Crippen LogP contribution in [0.2, 0.25) is 0 Å². The van der Waals surface area contributed by atoms with Crippen LogP contribution in [0.3, 0.4) is 0 Å². The van der Waals surface area contributed by atoms with Crippen LogP contribution < -0.4 is 5.73 Å². The van der Waals surface area contributed by atoms with Crippen LogP contribution in [0.4, 0.5) is 5.69 Å². The third-order valence-corrected chi connectivity index (χ3v) is 5.65. The molecule has 1 aromatic rings. The highest BCUT2D eigenvalue weighted by Gasteiger charge is 2.29. The SMILES string of the molecule is CC1OCCC1S(=O)Cc1ccc(Br)c(N)c1. The summed E-state index contributed by atoms with van der Waals surface area (Å²) in [5.74, 6) is 0.551. The third kappa shape index (κ3) is 3.09. The first-order valence-corrected chi connectivity index (χ1v) is 7.78. The Labute approximate surface area is 112 Å². The monoisotopic (exact) mass is 317 g/mol. The number of halogens is 1. The van der Waals surface area contributed by atoms with Crippen molar-refractivity contribution in [3.63, 3.8) is 0 Å². The minimum atomic E-state index is -0.887. The van der Waals surface area contributed by atoms with Crippen molar-refractivity contribution in [3.05, 3.63) is 28.2 Å². The first kappa shape index (κ1) is 13.1. The Balaban J connectivity index is 2.05. The van der Waals surface area contributed by atoms with Gasteiger partial charge in [-0.25, -0.2) is 0 Å². The quantitative estimate of drug-likeness (QED) is 0.871. The molecule has 3 nitrogen and oxygen atoms in total. The molecule has 5 heteroatoms. The van der Waals surface area contributed by atoms with Crippen LogP contribution in [-0.2, 0) is 21.3 Å². The van der Waals surface area contributed by atoms with Crippen molar-refractivity contribution in [1.29, 1.82) is 0 Å². The molecule has 3 atom stereocenters. The molecule has 1 fully saturated rings. The van der Waals surface area contributed by atoms with Gasteiger partial charge in [0.2, 0.25) is 0 Å². The van der Waals surface area contributed by atoms with Crippen molar-refractivity contribution in [3.8, 4) is 0 Å². The number of benzene rings is 1. The van der Waals surface area contributed by atoms with Gasteiger partial charge in [-0.2, -0.15) is 0 Å². The van der Waals surface area contributed by atoms with Crippen molar-refractivity contribution in [2.45, 2.75) is 30.5 Å². The Morgan fingerprint density at radius 2 is 2.35 bits per heavy atom. The molecule has 17 heavy (non-hydrogen) atoms. The maximum absolute atomic E-state index is 12.2. The summed E-state index contributed by atoms with van der Waals surface area (Å²) in [6, 6.07) is 5.73. The smallest absolute Gasteiger partial charge is 0.0691 e. The van der Waals surface area contributed by atoms with Gasteiger partial charge in [-0.1, -0.05) is 6.07 Å². The number of hydrogen-bond acceptors (Lipinski definition) is 3. The Bertz CT molecular complexity index is 439. The Morgan fingerprint density at radius 3 is 2.94 bits per heavy atom. The van der Waals surface area contributed by atoms with Gasteiger partial charge in [0.15, 0.2) is 0 Å². The number of rotatable bonds is 3. The summed E-state index contributed by atoms with van der Waals surface area (Å²) in [7, 11) is -0.887. The van der Waals surface area contributed by atoms with Crippen LogP contribution in [0.15, 0.2) is 22.7 Å².